The van der Waals surface area contributed by atoms with Gasteiger partial charge in [-0.2, -0.15) is 0 Å². The molecular formula is C61H42N2. The summed E-state index contributed by atoms with van der Waals surface area (Å²) in [5, 5.41) is 0. The summed E-state index contributed by atoms with van der Waals surface area (Å²) >= 11 is 0. The lowest BCUT2D eigenvalue weighted by atomic mass is 9.64. The maximum Gasteiger partial charge on any atom is 0.0755 e. The van der Waals surface area contributed by atoms with Crippen LogP contribution in [0.3, 0.4) is 0 Å². The number of anilines is 6. The molecule has 296 valence electrons. The molecule has 0 radical (unpaired) electrons. The third-order valence-electron chi connectivity index (χ3n) is 13.1. The van der Waals surface area contributed by atoms with E-state index in [9.17, 15) is 0 Å². The molecule has 0 N–H and O–H groups in total. The minimum absolute atomic E-state index is 0.574. The van der Waals surface area contributed by atoms with Crippen molar-refractivity contribution in [1.82, 2.24) is 0 Å². The summed E-state index contributed by atoms with van der Waals surface area (Å²) in [6.45, 7) is 0. The van der Waals surface area contributed by atoms with E-state index in [2.05, 4.69) is 265 Å². The van der Waals surface area contributed by atoms with Gasteiger partial charge in [0.15, 0.2) is 0 Å². The number of hydrogen-bond donors (Lipinski definition) is 0. The zero-order chi connectivity index (χ0) is 41.7. The summed E-state index contributed by atoms with van der Waals surface area (Å²) in [6, 6.07) is 93.3. The maximum absolute atomic E-state index is 2.49. The minimum atomic E-state index is -0.574. The normalized spacial score (nSPS) is 12.9. The van der Waals surface area contributed by atoms with Crippen LogP contribution in [-0.4, -0.2) is 0 Å². The van der Waals surface area contributed by atoms with Crippen LogP contribution in [0.1, 0.15) is 22.3 Å². The number of rotatable bonds is 7. The van der Waals surface area contributed by atoms with Gasteiger partial charge in [0, 0.05) is 22.7 Å². The zero-order valence-electron chi connectivity index (χ0n) is 34.6. The van der Waals surface area contributed by atoms with Crippen molar-refractivity contribution in [2.45, 2.75) is 5.41 Å². The first-order valence-corrected chi connectivity index (χ1v) is 21.8. The van der Waals surface area contributed by atoms with Crippen molar-refractivity contribution in [1.29, 1.82) is 0 Å². The molecule has 0 saturated heterocycles. The molecular weight excluding hydrogens is 761 g/mol. The predicted octanol–water partition coefficient (Wildman–Crippen LogP) is 16.3. The van der Waals surface area contributed by atoms with Crippen LogP contribution < -0.4 is 9.80 Å². The Morgan fingerprint density at radius 1 is 0.270 bits per heavy atom. The Labute approximate surface area is 369 Å². The van der Waals surface area contributed by atoms with E-state index >= 15 is 0 Å². The fourth-order valence-corrected chi connectivity index (χ4v) is 10.4. The average Bonchev–Trinajstić information content (AvgIpc) is 3.65. The number of hydrogen-bond acceptors (Lipinski definition) is 2. The zero-order valence-corrected chi connectivity index (χ0v) is 34.6. The molecule has 0 unspecified atom stereocenters. The van der Waals surface area contributed by atoms with Gasteiger partial charge in [0.25, 0.3) is 0 Å². The molecule has 0 bridgehead atoms. The quantitative estimate of drug-likeness (QED) is 0.158. The Hall–Kier alpha value is -8.20. The topological polar surface area (TPSA) is 6.48 Å². The third-order valence-corrected chi connectivity index (χ3v) is 13.1. The first-order chi connectivity index (χ1) is 31.3. The van der Waals surface area contributed by atoms with Crippen molar-refractivity contribution in [3.8, 4) is 44.5 Å². The van der Waals surface area contributed by atoms with Gasteiger partial charge in [0.05, 0.1) is 16.8 Å². The van der Waals surface area contributed by atoms with Gasteiger partial charge in [-0.25, -0.2) is 0 Å². The van der Waals surface area contributed by atoms with Gasteiger partial charge < -0.3 is 9.80 Å². The second-order valence-corrected chi connectivity index (χ2v) is 16.4. The first-order valence-electron chi connectivity index (χ1n) is 21.8. The van der Waals surface area contributed by atoms with Crippen LogP contribution in [-0.2, 0) is 5.41 Å². The number of para-hydroxylation sites is 3. The number of fused-ring (bicyclic) bond motifs is 9. The largest absolute Gasteiger partial charge is 0.310 e. The van der Waals surface area contributed by atoms with Crippen LogP contribution in [0, 0.1) is 0 Å². The smallest absolute Gasteiger partial charge is 0.0755 e. The molecule has 2 aliphatic rings. The second-order valence-electron chi connectivity index (χ2n) is 16.4. The summed E-state index contributed by atoms with van der Waals surface area (Å²) in [5.74, 6) is 0. The molecule has 10 aromatic rings. The molecule has 0 saturated carbocycles. The highest BCUT2D eigenvalue weighted by molar-refractivity contribution is 5.97. The minimum Gasteiger partial charge on any atom is -0.310 e. The molecule has 0 atom stereocenters. The van der Waals surface area contributed by atoms with Crippen molar-refractivity contribution in [2.24, 2.45) is 0 Å². The maximum atomic E-state index is 2.49. The van der Waals surface area contributed by atoms with E-state index in [4.69, 9.17) is 0 Å². The fourth-order valence-electron chi connectivity index (χ4n) is 10.4. The molecule has 63 heavy (non-hydrogen) atoms. The Morgan fingerprint density at radius 3 is 1.32 bits per heavy atom. The molecule has 1 aliphatic heterocycles. The van der Waals surface area contributed by atoms with Crippen molar-refractivity contribution in [3.63, 3.8) is 0 Å². The molecule has 0 fully saturated rings. The highest BCUT2D eigenvalue weighted by Crippen LogP contribution is 2.64. The van der Waals surface area contributed by atoms with Gasteiger partial charge in [-0.15, -0.1) is 0 Å². The monoisotopic (exact) mass is 802 g/mol. The Kier molecular flexibility index (Phi) is 8.76. The number of benzene rings is 10. The molecule has 12 rings (SSSR count). The molecule has 1 heterocycles. The highest BCUT2D eigenvalue weighted by atomic mass is 15.2. The summed E-state index contributed by atoms with van der Waals surface area (Å²) in [5.41, 5.74) is 21.0. The van der Waals surface area contributed by atoms with Crippen LogP contribution in [0.15, 0.2) is 255 Å². The van der Waals surface area contributed by atoms with Gasteiger partial charge in [0.2, 0.25) is 0 Å². The second kappa shape index (κ2) is 15.1. The Bertz CT molecular complexity index is 3220. The third kappa shape index (κ3) is 5.87. The van der Waals surface area contributed by atoms with Crippen molar-refractivity contribution < 1.29 is 0 Å². The van der Waals surface area contributed by atoms with E-state index in [-0.39, 0.29) is 0 Å². The fraction of sp³-hybridized carbons (Fsp3) is 0.0164. The molecule has 1 spiro atoms. The van der Waals surface area contributed by atoms with E-state index < -0.39 is 5.41 Å². The lowest BCUT2D eigenvalue weighted by Gasteiger charge is -2.45. The van der Waals surface area contributed by atoms with Gasteiger partial charge >= 0.3 is 0 Å². The van der Waals surface area contributed by atoms with E-state index in [1.165, 1.54) is 78.1 Å². The number of nitrogens with zero attached hydrogens (tertiary/aromatic N) is 2. The summed E-state index contributed by atoms with van der Waals surface area (Å²) in [7, 11) is 0. The van der Waals surface area contributed by atoms with Crippen molar-refractivity contribution in [2.75, 3.05) is 9.80 Å². The standard InChI is InChI=1S/C61H42N2/c1-5-19-43(20-6-1)44-33-35-48(36-34-44)62(49-37-39-51(45-21-7-2-8-22-45)54(41-49)46-23-9-3-10-24-46)50-38-40-53-52-27-13-14-28-55(52)61(58(53)42-50)56-29-15-17-31-59(56)63(47-25-11-4-12-26-47)60-32-18-16-30-57(60)61/h1-42H. The van der Waals surface area contributed by atoms with E-state index in [0.717, 1.165) is 22.7 Å². The molecule has 0 aromatic heterocycles. The van der Waals surface area contributed by atoms with Crippen LogP contribution in [0.4, 0.5) is 34.1 Å². The summed E-state index contributed by atoms with van der Waals surface area (Å²) in [6.07, 6.45) is 0. The van der Waals surface area contributed by atoms with Gasteiger partial charge in [-0.3, -0.25) is 0 Å². The Balaban J connectivity index is 1.11. The lowest BCUT2D eigenvalue weighted by molar-refractivity contribution is 0.752. The van der Waals surface area contributed by atoms with Crippen LogP contribution in [0.2, 0.25) is 0 Å². The molecule has 2 nitrogen and oxygen atoms in total. The van der Waals surface area contributed by atoms with E-state index in [0.29, 0.717) is 0 Å². The average molecular weight is 803 g/mol. The SMILES string of the molecule is c1ccc(-c2ccc(N(c3ccc(-c4ccccc4)c(-c4ccccc4)c3)c3ccc4c(c3)C3(c5ccccc5-4)c4ccccc4N(c4ccccc4)c4ccccc43)cc2)cc1. The molecule has 1 aliphatic carbocycles. The van der Waals surface area contributed by atoms with Gasteiger partial charge in [-0.1, -0.05) is 194 Å². The molecule has 0 amide bonds. The van der Waals surface area contributed by atoms with Crippen molar-refractivity contribution in [3.05, 3.63) is 277 Å². The first kappa shape index (κ1) is 36.6. The van der Waals surface area contributed by atoms with Crippen molar-refractivity contribution >= 4 is 34.1 Å². The van der Waals surface area contributed by atoms with Crippen LogP contribution >= 0.6 is 0 Å². The van der Waals surface area contributed by atoms with E-state index in [1.807, 2.05) is 0 Å². The van der Waals surface area contributed by atoms with Crippen LogP contribution in [0.5, 0.6) is 0 Å². The highest BCUT2D eigenvalue weighted by Gasteiger charge is 2.51. The van der Waals surface area contributed by atoms with E-state index in [1.54, 1.807) is 0 Å². The van der Waals surface area contributed by atoms with Gasteiger partial charge in [-0.05, 0) is 127 Å². The lowest BCUT2D eigenvalue weighted by Crippen LogP contribution is -2.36. The van der Waals surface area contributed by atoms with Crippen LogP contribution in [0.25, 0.3) is 44.5 Å². The molecule has 10 aromatic carbocycles. The van der Waals surface area contributed by atoms with Gasteiger partial charge in [0.1, 0.15) is 0 Å². The predicted molar refractivity (Wildman–Crippen MR) is 263 cm³/mol. The molecule has 2 heteroatoms. The Morgan fingerprint density at radius 2 is 0.698 bits per heavy atom. The summed E-state index contributed by atoms with van der Waals surface area (Å²) in [4.78, 5) is 4.89. The summed E-state index contributed by atoms with van der Waals surface area (Å²) < 4.78 is 0.